The van der Waals surface area contributed by atoms with Gasteiger partial charge in [-0.25, -0.2) is 4.98 Å². The minimum Gasteiger partial charge on any atom is -0.389 e. The van der Waals surface area contributed by atoms with Crippen molar-refractivity contribution >= 4 is 5.78 Å². The predicted molar refractivity (Wildman–Crippen MR) is 53.1 cm³/mol. The third-order valence-corrected chi connectivity index (χ3v) is 3.03. The Morgan fingerprint density at radius 1 is 1.53 bits per heavy atom. The Balaban J connectivity index is 2.05. The summed E-state index contributed by atoms with van der Waals surface area (Å²) < 4.78 is 1.66. The smallest absolute Gasteiger partial charge is 0.138 e. The number of carbonyl (C=O) groups excluding carboxylic acids is 1. The van der Waals surface area contributed by atoms with E-state index in [1.165, 1.54) is 6.33 Å². The summed E-state index contributed by atoms with van der Waals surface area (Å²) >= 11 is 0. The molecule has 1 aliphatic carbocycles. The van der Waals surface area contributed by atoms with E-state index in [-0.39, 0.29) is 5.78 Å². The molecule has 0 atom stereocenters. The molecule has 0 aromatic carbocycles. The number of hydrogen-bond donors (Lipinski definition) is 1. The average molecular weight is 209 g/mol. The topological polar surface area (TPSA) is 68.0 Å². The van der Waals surface area contributed by atoms with Gasteiger partial charge in [0.1, 0.15) is 17.9 Å². The first-order valence-electron chi connectivity index (χ1n) is 5.16. The van der Waals surface area contributed by atoms with Gasteiger partial charge in [0.15, 0.2) is 0 Å². The van der Waals surface area contributed by atoms with Gasteiger partial charge in [-0.1, -0.05) is 0 Å². The number of aliphatic hydroxyl groups is 1. The molecule has 1 fully saturated rings. The Bertz CT molecular complexity index is 362. The zero-order valence-corrected chi connectivity index (χ0v) is 8.81. The maximum atomic E-state index is 11.1. The molecule has 1 aliphatic rings. The summed E-state index contributed by atoms with van der Waals surface area (Å²) in [5.74, 6) is 1.02. The van der Waals surface area contributed by atoms with Crippen LogP contribution in [0.4, 0.5) is 0 Å². The molecular formula is C10H15N3O2. The normalized spacial score (nSPS) is 20.5. The Kier molecular flexibility index (Phi) is 2.56. The van der Waals surface area contributed by atoms with Gasteiger partial charge in [0, 0.05) is 26.3 Å². The predicted octanol–water partition coefficient (Wildman–Crippen LogP) is 0.232. The van der Waals surface area contributed by atoms with Gasteiger partial charge in [0.05, 0.1) is 5.60 Å². The lowest BCUT2D eigenvalue weighted by Gasteiger charge is -2.30. The highest BCUT2D eigenvalue weighted by Gasteiger charge is 2.33. The van der Waals surface area contributed by atoms with E-state index in [2.05, 4.69) is 10.1 Å². The number of Topliss-reactive ketones (excluding diaryl/α,β-unsaturated/α-hetero) is 1. The summed E-state index contributed by atoms with van der Waals surface area (Å²) in [6, 6.07) is 0. The van der Waals surface area contributed by atoms with Crippen LogP contribution < -0.4 is 0 Å². The molecule has 15 heavy (non-hydrogen) atoms. The van der Waals surface area contributed by atoms with E-state index in [1.807, 2.05) is 0 Å². The van der Waals surface area contributed by atoms with Gasteiger partial charge >= 0.3 is 0 Å². The van der Waals surface area contributed by atoms with Gasteiger partial charge in [0.2, 0.25) is 0 Å². The van der Waals surface area contributed by atoms with E-state index in [9.17, 15) is 9.90 Å². The number of rotatable bonds is 2. The summed E-state index contributed by atoms with van der Waals surface area (Å²) in [5.41, 5.74) is -0.769. The van der Waals surface area contributed by atoms with Crippen molar-refractivity contribution < 1.29 is 9.90 Å². The summed E-state index contributed by atoms with van der Waals surface area (Å²) in [6.07, 6.45) is 4.00. The summed E-state index contributed by atoms with van der Waals surface area (Å²) in [5, 5.41) is 14.2. The maximum absolute atomic E-state index is 11.1. The monoisotopic (exact) mass is 209 g/mol. The lowest BCUT2D eigenvalue weighted by Crippen LogP contribution is -2.37. The lowest BCUT2D eigenvalue weighted by molar-refractivity contribution is -0.125. The Hall–Kier alpha value is -1.23. The first-order valence-corrected chi connectivity index (χ1v) is 5.16. The van der Waals surface area contributed by atoms with Gasteiger partial charge in [0.25, 0.3) is 0 Å². The average Bonchev–Trinajstić information content (AvgIpc) is 2.58. The summed E-state index contributed by atoms with van der Waals surface area (Å²) in [4.78, 5) is 15.2. The van der Waals surface area contributed by atoms with Crippen LogP contribution >= 0.6 is 0 Å². The van der Waals surface area contributed by atoms with Crippen LogP contribution in [-0.4, -0.2) is 31.3 Å². The molecule has 82 valence electrons. The summed E-state index contributed by atoms with van der Waals surface area (Å²) in [6.45, 7) is 0. The second-order valence-electron chi connectivity index (χ2n) is 4.24. The van der Waals surface area contributed by atoms with Gasteiger partial charge in [-0.2, -0.15) is 5.10 Å². The fourth-order valence-electron chi connectivity index (χ4n) is 1.95. The van der Waals surface area contributed by atoms with Crippen LogP contribution in [-0.2, 0) is 18.3 Å². The molecule has 1 saturated carbocycles. The third-order valence-electron chi connectivity index (χ3n) is 3.03. The summed E-state index contributed by atoms with van der Waals surface area (Å²) in [7, 11) is 1.81. The minimum absolute atomic E-state index is 0.248. The first kappa shape index (κ1) is 10.3. The van der Waals surface area contributed by atoms with Crippen molar-refractivity contribution in [2.24, 2.45) is 7.05 Å². The third kappa shape index (κ3) is 2.23. The number of hydrogen-bond acceptors (Lipinski definition) is 4. The van der Waals surface area contributed by atoms with Crippen LogP contribution in [0.3, 0.4) is 0 Å². The van der Waals surface area contributed by atoms with Crippen molar-refractivity contribution in [2.75, 3.05) is 0 Å². The fraction of sp³-hybridized carbons (Fsp3) is 0.700. The van der Waals surface area contributed by atoms with Crippen molar-refractivity contribution in [1.29, 1.82) is 0 Å². The molecule has 5 nitrogen and oxygen atoms in total. The van der Waals surface area contributed by atoms with Crippen molar-refractivity contribution in [3.05, 3.63) is 12.2 Å². The van der Waals surface area contributed by atoms with Crippen molar-refractivity contribution in [2.45, 2.75) is 37.7 Å². The van der Waals surface area contributed by atoms with E-state index in [1.54, 1.807) is 11.7 Å². The molecule has 0 spiro atoms. The Labute approximate surface area is 88.1 Å². The molecule has 2 rings (SSSR count). The molecule has 0 bridgehead atoms. The molecule has 0 unspecified atom stereocenters. The lowest BCUT2D eigenvalue weighted by atomic mass is 9.82. The van der Waals surface area contributed by atoms with E-state index < -0.39 is 5.60 Å². The highest BCUT2D eigenvalue weighted by molar-refractivity contribution is 5.79. The van der Waals surface area contributed by atoms with Gasteiger partial charge < -0.3 is 5.11 Å². The fourth-order valence-corrected chi connectivity index (χ4v) is 1.95. The number of nitrogens with zero attached hydrogens (tertiary/aromatic N) is 3. The number of aryl methyl sites for hydroxylation is 1. The highest BCUT2D eigenvalue weighted by Crippen LogP contribution is 2.28. The van der Waals surface area contributed by atoms with Crippen molar-refractivity contribution in [3.63, 3.8) is 0 Å². The van der Waals surface area contributed by atoms with Crippen molar-refractivity contribution in [1.82, 2.24) is 14.8 Å². The quantitative estimate of drug-likeness (QED) is 0.757. The van der Waals surface area contributed by atoms with Gasteiger partial charge in [-0.05, 0) is 12.8 Å². The first-order chi connectivity index (χ1) is 7.09. The van der Waals surface area contributed by atoms with Crippen LogP contribution in [0.25, 0.3) is 0 Å². The molecule has 0 radical (unpaired) electrons. The molecule has 1 aromatic rings. The van der Waals surface area contributed by atoms with E-state index in [4.69, 9.17) is 0 Å². The zero-order valence-electron chi connectivity index (χ0n) is 8.81. The Morgan fingerprint density at radius 2 is 2.20 bits per heavy atom. The zero-order chi connectivity index (χ0) is 10.9. The van der Waals surface area contributed by atoms with Crippen LogP contribution in [0.2, 0.25) is 0 Å². The van der Waals surface area contributed by atoms with Gasteiger partial charge in [-0.3, -0.25) is 9.48 Å². The molecule has 1 aromatic heterocycles. The molecule has 0 saturated heterocycles. The Morgan fingerprint density at radius 3 is 2.73 bits per heavy atom. The molecule has 1 N–H and O–H groups in total. The largest absolute Gasteiger partial charge is 0.389 e. The molecule has 5 heteroatoms. The molecular weight excluding hydrogens is 194 g/mol. The highest BCUT2D eigenvalue weighted by atomic mass is 16.3. The van der Waals surface area contributed by atoms with Crippen LogP contribution in [0.15, 0.2) is 6.33 Å². The number of carbonyl (C=O) groups is 1. The number of ketones is 1. The minimum atomic E-state index is -0.769. The van der Waals surface area contributed by atoms with Crippen LogP contribution in [0.5, 0.6) is 0 Å². The van der Waals surface area contributed by atoms with Crippen LogP contribution in [0.1, 0.15) is 31.5 Å². The maximum Gasteiger partial charge on any atom is 0.138 e. The van der Waals surface area contributed by atoms with E-state index >= 15 is 0 Å². The van der Waals surface area contributed by atoms with Crippen LogP contribution in [0, 0.1) is 0 Å². The molecule has 1 heterocycles. The van der Waals surface area contributed by atoms with Gasteiger partial charge in [-0.15, -0.1) is 0 Å². The second kappa shape index (κ2) is 3.73. The second-order valence-corrected chi connectivity index (χ2v) is 4.24. The molecule has 0 aliphatic heterocycles. The SMILES string of the molecule is Cn1ncnc1CC1(O)CCC(=O)CC1. The number of aromatic nitrogens is 3. The van der Waals surface area contributed by atoms with E-state index in [0.717, 1.165) is 5.82 Å². The standard InChI is InChI=1S/C10H15N3O2/c1-13-9(11-7-12-13)6-10(15)4-2-8(14)3-5-10/h7,15H,2-6H2,1H3. The van der Waals surface area contributed by atoms with Crippen molar-refractivity contribution in [3.8, 4) is 0 Å². The van der Waals surface area contributed by atoms with E-state index in [0.29, 0.717) is 32.1 Å². The molecule has 0 amide bonds.